The van der Waals surface area contributed by atoms with Gasteiger partial charge in [0.2, 0.25) is 5.95 Å². The Hall–Kier alpha value is -1.86. The van der Waals surface area contributed by atoms with E-state index in [0.29, 0.717) is 0 Å². The third-order valence-corrected chi connectivity index (χ3v) is 4.01. The molecule has 13 nitrogen and oxygen atoms in total. The minimum absolute atomic E-state index is 0.0189. The number of nitrogens with zero attached hydrogens (tertiary/aromatic N) is 4. The molecule has 0 aliphatic carbocycles. The van der Waals surface area contributed by atoms with Crippen molar-refractivity contribution >= 4 is 30.8 Å². The van der Waals surface area contributed by atoms with Crippen molar-refractivity contribution in [2.45, 2.75) is 24.5 Å². The molecule has 1 fully saturated rings. The van der Waals surface area contributed by atoms with E-state index in [0.717, 1.165) is 0 Å². The molecular formula is C10H15N6O7P. The summed E-state index contributed by atoms with van der Waals surface area (Å²) in [6, 6.07) is 0. The molecule has 3 heterocycles. The number of aliphatic hydroxyl groups excluding tert-OH is 2. The van der Waals surface area contributed by atoms with Gasteiger partial charge in [-0.25, -0.2) is 9.55 Å². The number of hydrogen-bond donors (Lipinski definition) is 6. The maximum Gasteiger partial charge on any atom is 0.470 e. The fourth-order valence-corrected chi connectivity index (χ4v) is 3.10. The van der Waals surface area contributed by atoms with Gasteiger partial charge in [-0.1, -0.05) is 0 Å². The molecule has 3 rings (SSSR count). The van der Waals surface area contributed by atoms with Gasteiger partial charge in [0.15, 0.2) is 17.7 Å². The summed E-state index contributed by atoms with van der Waals surface area (Å²) in [4.78, 5) is 29.6. The lowest BCUT2D eigenvalue weighted by molar-refractivity contribution is -0.0509. The summed E-state index contributed by atoms with van der Waals surface area (Å²) in [7, 11) is -4.91. The van der Waals surface area contributed by atoms with Crippen LogP contribution in [0.2, 0.25) is 0 Å². The summed E-state index contributed by atoms with van der Waals surface area (Å²) >= 11 is 0. The Morgan fingerprint density at radius 1 is 1.38 bits per heavy atom. The average Bonchev–Trinajstić information content (AvgIpc) is 3.00. The summed E-state index contributed by atoms with van der Waals surface area (Å²) in [5, 5.41) is 19.6. The highest BCUT2D eigenvalue weighted by Gasteiger charge is 2.48. The normalized spacial score (nSPS) is 27.8. The number of hydrogen-bond acceptors (Lipinski definition) is 10. The van der Waals surface area contributed by atoms with Crippen molar-refractivity contribution in [1.29, 1.82) is 0 Å². The first kappa shape index (κ1) is 17.0. The molecule has 0 saturated carbocycles. The number of ether oxygens (including phenoxy) is 1. The molecule has 14 heteroatoms. The zero-order valence-electron chi connectivity index (χ0n) is 12.0. The van der Waals surface area contributed by atoms with Gasteiger partial charge < -0.3 is 36.2 Å². The number of phosphoric ester groups is 1. The van der Waals surface area contributed by atoms with Crippen LogP contribution in [0, 0.1) is 0 Å². The van der Waals surface area contributed by atoms with E-state index in [4.69, 9.17) is 26.0 Å². The molecule has 24 heavy (non-hydrogen) atoms. The quantitative estimate of drug-likeness (QED) is 0.317. The number of nitrogens with two attached hydrogens (primary N) is 2. The van der Waals surface area contributed by atoms with Crippen LogP contribution in [-0.2, 0) is 13.8 Å². The number of imidazole rings is 1. The van der Waals surface area contributed by atoms with Crippen molar-refractivity contribution in [2.24, 2.45) is 0 Å². The van der Waals surface area contributed by atoms with Gasteiger partial charge in [0, 0.05) is 0 Å². The second-order valence-electron chi connectivity index (χ2n) is 5.09. The van der Waals surface area contributed by atoms with Crippen LogP contribution in [0.15, 0.2) is 6.33 Å². The van der Waals surface area contributed by atoms with E-state index in [1.54, 1.807) is 0 Å². The molecule has 2 aromatic rings. The summed E-state index contributed by atoms with van der Waals surface area (Å²) < 4.78 is 22.2. The van der Waals surface area contributed by atoms with Crippen molar-refractivity contribution in [3.63, 3.8) is 0 Å². The Morgan fingerprint density at radius 3 is 2.71 bits per heavy atom. The van der Waals surface area contributed by atoms with E-state index in [2.05, 4.69) is 19.5 Å². The molecule has 1 aliphatic rings. The lowest BCUT2D eigenvalue weighted by atomic mass is 10.1. The number of aromatic nitrogens is 4. The SMILES string of the molecule is Nc1nc(N)c2ncn([C@@H]3O[C@H](CO)[C@@H](OP(=O)(O)O)[C@H]3O)c2n1. The highest BCUT2D eigenvalue weighted by molar-refractivity contribution is 7.46. The molecule has 0 aromatic carbocycles. The molecule has 2 aromatic heterocycles. The largest absolute Gasteiger partial charge is 0.470 e. The number of nitrogen functional groups attached to an aromatic ring is 2. The molecule has 4 atom stereocenters. The van der Waals surface area contributed by atoms with Gasteiger partial charge in [-0.2, -0.15) is 9.97 Å². The van der Waals surface area contributed by atoms with E-state index in [1.165, 1.54) is 10.9 Å². The van der Waals surface area contributed by atoms with Gasteiger partial charge in [-0.15, -0.1) is 0 Å². The Bertz CT molecular complexity index is 808. The zero-order valence-corrected chi connectivity index (χ0v) is 12.9. The Balaban J connectivity index is 2.00. The standard InChI is InChI=1S/C10H15N6O7P/c11-7-4-8(15-10(12)14-7)16(2-13-4)9-5(18)6(3(1-17)22-9)23-24(19,20)21/h2-3,5-6,9,17-18H,1H2,(H2,19,20,21)(H4,11,12,14,15)/t3-,5-,6-,9-/m1/s1. The smallest absolute Gasteiger partial charge is 0.394 e. The lowest BCUT2D eigenvalue weighted by Gasteiger charge is -2.20. The third kappa shape index (κ3) is 2.93. The van der Waals surface area contributed by atoms with Gasteiger partial charge in [-0.05, 0) is 0 Å². The van der Waals surface area contributed by atoms with E-state index in [9.17, 15) is 14.8 Å². The molecule has 0 unspecified atom stereocenters. The van der Waals surface area contributed by atoms with Crippen LogP contribution in [0.3, 0.4) is 0 Å². The highest BCUT2D eigenvalue weighted by atomic mass is 31.2. The maximum absolute atomic E-state index is 11.0. The molecule has 8 N–H and O–H groups in total. The van der Waals surface area contributed by atoms with Gasteiger partial charge >= 0.3 is 7.82 Å². The van der Waals surface area contributed by atoms with E-state index in [1.807, 2.05) is 0 Å². The predicted molar refractivity (Wildman–Crippen MR) is 78.1 cm³/mol. The maximum atomic E-state index is 11.0. The summed E-state index contributed by atoms with van der Waals surface area (Å²) in [5.74, 6) is -0.110. The summed E-state index contributed by atoms with van der Waals surface area (Å²) in [5.41, 5.74) is 11.6. The number of aliphatic hydroxyl groups is 2. The minimum atomic E-state index is -4.91. The fourth-order valence-electron chi connectivity index (χ4n) is 2.53. The van der Waals surface area contributed by atoms with Gasteiger partial charge in [0.25, 0.3) is 0 Å². The molecule has 0 bridgehead atoms. The van der Waals surface area contributed by atoms with Crippen molar-refractivity contribution in [3.05, 3.63) is 6.33 Å². The van der Waals surface area contributed by atoms with Gasteiger partial charge in [0.05, 0.1) is 12.9 Å². The van der Waals surface area contributed by atoms with Crippen LogP contribution in [-0.4, -0.2) is 64.4 Å². The number of anilines is 2. The molecule has 0 spiro atoms. The minimum Gasteiger partial charge on any atom is -0.394 e. The molecule has 1 saturated heterocycles. The summed E-state index contributed by atoms with van der Waals surface area (Å²) in [6.45, 7) is -0.635. The molecular weight excluding hydrogens is 347 g/mol. The average molecular weight is 362 g/mol. The van der Waals surface area contributed by atoms with Crippen LogP contribution >= 0.6 is 7.82 Å². The molecule has 1 aliphatic heterocycles. The van der Waals surface area contributed by atoms with Gasteiger partial charge in [-0.3, -0.25) is 9.09 Å². The monoisotopic (exact) mass is 362 g/mol. The van der Waals surface area contributed by atoms with Crippen molar-refractivity contribution < 1.29 is 33.8 Å². The Labute approximate surface area is 134 Å². The first-order chi connectivity index (χ1) is 11.2. The first-order valence-corrected chi connectivity index (χ1v) is 8.18. The predicted octanol–water partition coefficient (Wildman–Crippen LogP) is -2.28. The fraction of sp³-hybridized carbons (Fsp3) is 0.500. The van der Waals surface area contributed by atoms with E-state index >= 15 is 0 Å². The topological polar surface area (TPSA) is 212 Å². The second-order valence-corrected chi connectivity index (χ2v) is 6.28. The number of phosphoric acid groups is 1. The molecule has 0 radical (unpaired) electrons. The van der Waals surface area contributed by atoms with Crippen LogP contribution in [0.1, 0.15) is 6.23 Å². The van der Waals surface area contributed by atoms with E-state index in [-0.39, 0.29) is 22.9 Å². The van der Waals surface area contributed by atoms with Crippen molar-refractivity contribution in [3.8, 4) is 0 Å². The second kappa shape index (κ2) is 5.89. The number of rotatable bonds is 4. The van der Waals surface area contributed by atoms with E-state index < -0.39 is 39.0 Å². The van der Waals surface area contributed by atoms with Crippen LogP contribution < -0.4 is 11.5 Å². The van der Waals surface area contributed by atoms with Crippen LogP contribution in [0.5, 0.6) is 0 Å². The Kier molecular flexibility index (Phi) is 4.17. The number of fused-ring (bicyclic) bond motifs is 1. The van der Waals surface area contributed by atoms with Crippen molar-refractivity contribution in [2.75, 3.05) is 18.1 Å². The lowest BCUT2D eigenvalue weighted by Crippen LogP contribution is -2.35. The van der Waals surface area contributed by atoms with Gasteiger partial charge in [0.1, 0.15) is 23.8 Å². The third-order valence-electron chi connectivity index (χ3n) is 3.49. The molecule has 132 valence electrons. The van der Waals surface area contributed by atoms with Crippen molar-refractivity contribution in [1.82, 2.24) is 19.5 Å². The summed E-state index contributed by atoms with van der Waals surface area (Å²) in [6.07, 6.45) is -4.10. The first-order valence-electron chi connectivity index (χ1n) is 6.65. The molecule has 0 amide bonds. The highest BCUT2D eigenvalue weighted by Crippen LogP contribution is 2.44. The zero-order chi connectivity index (χ0) is 17.6. The van der Waals surface area contributed by atoms with Crippen LogP contribution in [0.4, 0.5) is 11.8 Å². The Morgan fingerprint density at radius 2 is 2.08 bits per heavy atom. The van der Waals surface area contributed by atoms with Crippen LogP contribution in [0.25, 0.3) is 11.2 Å².